The van der Waals surface area contributed by atoms with Gasteiger partial charge in [0.05, 0.1) is 0 Å². The average molecular weight is 358 g/mol. The van der Waals surface area contributed by atoms with E-state index in [1.54, 1.807) is 0 Å². The summed E-state index contributed by atoms with van der Waals surface area (Å²) >= 11 is 0. The standard InChI is InChI=1S/C23H26N4/c1-24-23(25-14-11-20-17-26-22-10-6-5-9-21(20)22)27-15-12-19(13-16-27)18-7-3-2-4-8-18/h2-10,12,17,26H,11,13-16H2,1H3,(H,24,25). The van der Waals surface area contributed by atoms with Gasteiger partial charge in [-0.15, -0.1) is 0 Å². The highest BCUT2D eigenvalue weighted by Crippen LogP contribution is 2.22. The molecule has 0 bridgehead atoms. The molecule has 4 nitrogen and oxygen atoms in total. The van der Waals surface area contributed by atoms with Crippen molar-refractivity contribution in [2.45, 2.75) is 12.8 Å². The van der Waals surface area contributed by atoms with Crippen LogP contribution in [0.3, 0.4) is 0 Å². The lowest BCUT2D eigenvalue weighted by molar-refractivity contribution is 0.440. The van der Waals surface area contributed by atoms with Gasteiger partial charge in [-0.2, -0.15) is 0 Å². The average Bonchev–Trinajstić information content (AvgIpc) is 3.15. The molecule has 0 saturated heterocycles. The number of aliphatic imine (C=N–C) groups is 1. The van der Waals surface area contributed by atoms with Gasteiger partial charge in [-0.1, -0.05) is 54.6 Å². The maximum Gasteiger partial charge on any atom is 0.193 e. The van der Waals surface area contributed by atoms with Crippen molar-refractivity contribution in [3.05, 3.63) is 78.0 Å². The molecule has 27 heavy (non-hydrogen) atoms. The van der Waals surface area contributed by atoms with E-state index in [0.717, 1.165) is 38.4 Å². The summed E-state index contributed by atoms with van der Waals surface area (Å²) in [6.07, 6.45) is 6.46. The van der Waals surface area contributed by atoms with Gasteiger partial charge in [-0.3, -0.25) is 4.99 Å². The highest BCUT2D eigenvalue weighted by Gasteiger charge is 2.16. The van der Waals surface area contributed by atoms with E-state index in [0.29, 0.717) is 0 Å². The van der Waals surface area contributed by atoms with E-state index in [2.05, 4.69) is 87.1 Å². The molecule has 2 heterocycles. The Labute approximate surface area is 160 Å². The lowest BCUT2D eigenvalue weighted by Gasteiger charge is -2.29. The van der Waals surface area contributed by atoms with Crippen LogP contribution < -0.4 is 5.32 Å². The molecule has 1 aromatic heterocycles. The number of benzene rings is 2. The van der Waals surface area contributed by atoms with E-state index in [1.807, 2.05) is 7.05 Å². The SMILES string of the molecule is CN=C(NCCc1c[nH]c2ccccc12)N1CC=C(c2ccccc2)CC1. The second-order valence-corrected chi connectivity index (χ2v) is 6.87. The zero-order chi connectivity index (χ0) is 18.5. The largest absolute Gasteiger partial charge is 0.361 e. The monoisotopic (exact) mass is 358 g/mol. The van der Waals surface area contributed by atoms with Crippen molar-refractivity contribution in [1.29, 1.82) is 0 Å². The number of para-hydroxylation sites is 1. The van der Waals surface area contributed by atoms with Crippen molar-refractivity contribution < 1.29 is 0 Å². The predicted octanol–water partition coefficient (Wildman–Crippen LogP) is 4.08. The third-order valence-corrected chi connectivity index (χ3v) is 5.22. The lowest BCUT2D eigenvalue weighted by Crippen LogP contribution is -2.44. The number of aromatic nitrogens is 1. The Morgan fingerprint density at radius 3 is 2.70 bits per heavy atom. The molecule has 0 aliphatic carbocycles. The van der Waals surface area contributed by atoms with Crippen LogP contribution in [0, 0.1) is 0 Å². The van der Waals surface area contributed by atoms with E-state index >= 15 is 0 Å². The van der Waals surface area contributed by atoms with Crippen LogP contribution in [0.25, 0.3) is 16.5 Å². The smallest absolute Gasteiger partial charge is 0.193 e. The van der Waals surface area contributed by atoms with Crippen molar-refractivity contribution in [3.63, 3.8) is 0 Å². The zero-order valence-electron chi connectivity index (χ0n) is 15.8. The molecule has 0 radical (unpaired) electrons. The molecular weight excluding hydrogens is 332 g/mol. The van der Waals surface area contributed by atoms with Gasteiger partial charge in [0.25, 0.3) is 0 Å². The van der Waals surface area contributed by atoms with Gasteiger partial charge in [-0.25, -0.2) is 0 Å². The van der Waals surface area contributed by atoms with Crippen LogP contribution in [0.15, 0.2) is 71.9 Å². The van der Waals surface area contributed by atoms with Crippen molar-refractivity contribution in [3.8, 4) is 0 Å². The van der Waals surface area contributed by atoms with Gasteiger partial charge in [0, 0.05) is 43.8 Å². The molecule has 0 fully saturated rings. The highest BCUT2D eigenvalue weighted by molar-refractivity contribution is 5.84. The summed E-state index contributed by atoms with van der Waals surface area (Å²) in [5.41, 5.74) is 5.31. The van der Waals surface area contributed by atoms with Crippen LogP contribution in [-0.2, 0) is 6.42 Å². The Bertz CT molecular complexity index is 953. The normalized spacial score (nSPS) is 15.1. The van der Waals surface area contributed by atoms with Crippen LogP contribution in [0.5, 0.6) is 0 Å². The second-order valence-electron chi connectivity index (χ2n) is 6.87. The fourth-order valence-electron chi connectivity index (χ4n) is 3.76. The van der Waals surface area contributed by atoms with Crippen LogP contribution in [0.4, 0.5) is 0 Å². The predicted molar refractivity (Wildman–Crippen MR) is 114 cm³/mol. The highest BCUT2D eigenvalue weighted by atomic mass is 15.3. The zero-order valence-corrected chi connectivity index (χ0v) is 15.8. The molecular formula is C23H26N4. The topological polar surface area (TPSA) is 43.4 Å². The van der Waals surface area contributed by atoms with Crippen molar-refractivity contribution in [2.24, 2.45) is 4.99 Å². The molecule has 0 unspecified atom stereocenters. The number of nitrogens with one attached hydrogen (secondary N) is 2. The van der Waals surface area contributed by atoms with E-state index in [4.69, 9.17) is 0 Å². The molecule has 0 amide bonds. The molecule has 0 atom stereocenters. The van der Waals surface area contributed by atoms with Gasteiger partial charge in [0.15, 0.2) is 5.96 Å². The summed E-state index contributed by atoms with van der Waals surface area (Å²) in [6.45, 7) is 2.77. The quantitative estimate of drug-likeness (QED) is 0.545. The molecule has 2 N–H and O–H groups in total. The lowest BCUT2D eigenvalue weighted by atomic mass is 10.00. The van der Waals surface area contributed by atoms with E-state index in [-0.39, 0.29) is 0 Å². The molecule has 1 aliphatic rings. The minimum atomic E-state index is 0.875. The number of nitrogens with zero attached hydrogens (tertiary/aromatic N) is 2. The minimum Gasteiger partial charge on any atom is -0.361 e. The molecule has 0 spiro atoms. The molecule has 1 aliphatic heterocycles. The maximum absolute atomic E-state index is 4.49. The fraction of sp³-hybridized carbons (Fsp3) is 0.261. The first-order valence-electron chi connectivity index (χ1n) is 9.60. The summed E-state index contributed by atoms with van der Waals surface area (Å²) in [4.78, 5) is 10.2. The van der Waals surface area contributed by atoms with Crippen LogP contribution in [0.1, 0.15) is 17.5 Å². The fourth-order valence-corrected chi connectivity index (χ4v) is 3.76. The number of hydrogen-bond acceptors (Lipinski definition) is 1. The molecule has 4 heteroatoms. The number of hydrogen-bond donors (Lipinski definition) is 2. The van der Waals surface area contributed by atoms with E-state index in [1.165, 1.54) is 27.6 Å². The number of rotatable bonds is 4. The van der Waals surface area contributed by atoms with Crippen molar-refractivity contribution >= 4 is 22.4 Å². The Kier molecular flexibility index (Phi) is 5.24. The van der Waals surface area contributed by atoms with Gasteiger partial charge in [-0.05, 0) is 35.6 Å². The Morgan fingerprint density at radius 1 is 1.11 bits per heavy atom. The molecule has 4 rings (SSSR count). The van der Waals surface area contributed by atoms with E-state index in [9.17, 15) is 0 Å². The van der Waals surface area contributed by atoms with Crippen molar-refractivity contribution in [2.75, 3.05) is 26.7 Å². The number of fused-ring (bicyclic) bond motifs is 1. The molecule has 138 valence electrons. The minimum absolute atomic E-state index is 0.875. The van der Waals surface area contributed by atoms with Crippen LogP contribution in [0.2, 0.25) is 0 Å². The summed E-state index contributed by atoms with van der Waals surface area (Å²) < 4.78 is 0. The summed E-state index contributed by atoms with van der Waals surface area (Å²) in [5, 5.41) is 4.84. The van der Waals surface area contributed by atoms with Crippen LogP contribution in [-0.4, -0.2) is 42.5 Å². The number of guanidine groups is 1. The van der Waals surface area contributed by atoms with Gasteiger partial charge >= 0.3 is 0 Å². The van der Waals surface area contributed by atoms with Crippen LogP contribution >= 0.6 is 0 Å². The Morgan fingerprint density at radius 2 is 1.93 bits per heavy atom. The molecule has 0 saturated carbocycles. The third-order valence-electron chi connectivity index (χ3n) is 5.22. The number of aromatic amines is 1. The summed E-state index contributed by atoms with van der Waals surface area (Å²) in [7, 11) is 1.87. The maximum atomic E-state index is 4.49. The summed E-state index contributed by atoms with van der Waals surface area (Å²) in [5.74, 6) is 0.984. The first-order valence-corrected chi connectivity index (χ1v) is 9.60. The third kappa shape index (κ3) is 3.90. The van der Waals surface area contributed by atoms with Gasteiger partial charge in [0.2, 0.25) is 0 Å². The first-order chi connectivity index (χ1) is 13.3. The molecule has 2 aromatic carbocycles. The second kappa shape index (κ2) is 8.12. The van der Waals surface area contributed by atoms with Crippen molar-refractivity contribution in [1.82, 2.24) is 15.2 Å². The first kappa shape index (κ1) is 17.4. The van der Waals surface area contributed by atoms with Gasteiger partial charge < -0.3 is 15.2 Å². The Hall–Kier alpha value is -3.01. The van der Waals surface area contributed by atoms with Gasteiger partial charge in [0.1, 0.15) is 0 Å². The number of H-pyrrole nitrogens is 1. The molecule has 3 aromatic rings. The van der Waals surface area contributed by atoms with E-state index < -0.39 is 0 Å². The summed E-state index contributed by atoms with van der Waals surface area (Å²) in [6, 6.07) is 19.1. The Balaban J connectivity index is 1.34.